The molecule has 2 aromatic rings. The number of nitro benzene ring substituents is 1. The van der Waals surface area contributed by atoms with Crippen molar-refractivity contribution in [2.24, 2.45) is 0 Å². The quantitative estimate of drug-likeness (QED) is 0.622. The number of hydrogen-bond acceptors (Lipinski definition) is 4. The van der Waals surface area contributed by atoms with Gasteiger partial charge in [0, 0.05) is 44.0 Å². The Balaban J connectivity index is 1.58. The summed E-state index contributed by atoms with van der Waals surface area (Å²) < 4.78 is 0. The maximum Gasteiger partial charge on any atom is 0.322 e. The monoisotopic (exact) mass is 394 g/mol. The highest BCUT2D eigenvalue weighted by Gasteiger charge is 2.22. The molecule has 0 atom stereocenters. The van der Waals surface area contributed by atoms with E-state index >= 15 is 0 Å². The Morgan fingerprint density at radius 1 is 1.04 bits per heavy atom. The Morgan fingerprint density at radius 3 is 2.31 bits per heavy atom. The molecule has 1 aliphatic rings. The minimum Gasteiger partial charge on any atom is -0.368 e. The molecule has 1 fully saturated rings. The third-order valence-corrected chi connectivity index (χ3v) is 5.00. The lowest BCUT2D eigenvalue weighted by molar-refractivity contribution is -0.384. The number of carbonyl (C=O) groups excluding carboxylic acids is 1. The summed E-state index contributed by atoms with van der Waals surface area (Å²) >= 11 is 12.0. The van der Waals surface area contributed by atoms with E-state index in [1.807, 2.05) is 0 Å². The number of carbonyl (C=O) groups is 1. The van der Waals surface area contributed by atoms with E-state index in [1.165, 1.54) is 12.1 Å². The number of rotatable bonds is 3. The number of nitrogens with zero attached hydrogens (tertiary/aromatic N) is 3. The molecule has 2 amide bonds. The van der Waals surface area contributed by atoms with Crippen LogP contribution in [0.1, 0.15) is 0 Å². The molecule has 0 aromatic heterocycles. The van der Waals surface area contributed by atoms with Gasteiger partial charge in [0.1, 0.15) is 0 Å². The third-order valence-electron chi connectivity index (χ3n) is 4.19. The topological polar surface area (TPSA) is 78.7 Å². The van der Waals surface area contributed by atoms with E-state index in [0.29, 0.717) is 41.9 Å². The van der Waals surface area contributed by atoms with E-state index in [2.05, 4.69) is 10.2 Å². The van der Waals surface area contributed by atoms with Crippen LogP contribution in [-0.4, -0.2) is 42.0 Å². The van der Waals surface area contributed by atoms with Crippen LogP contribution in [0.2, 0.25) is 10.0 Å². The molecule has 1 aliphatic heterocycles. The first kappa shape index (κ1) is 18.3. The molecular weight excluding hydrogens is 379 g/mol. The lowest BCUT2D eigenvalue weighted by Crippen LogP contribution is -2.50. The highest BCUT2D eigenvalue weighted by Crippen LogP contribution is 2.29. The van der Waals surface area contributed by atoms with Crippen LogP contribution in [0.25, 0.3) is 0 Å². The van der Waals surface area contributed by atoms with E-state index in [9.17, 15) is 14.9 Å². The molecule has 1 N–H and O–H groups in total. The number of anilines is 2. The van der Waals surface area contributed by atoms with Gasteiger partial charge in [-0.3, -0.25) is 10.1 Å². The average Bonchev–Trinajstić information content (AvgIpc) is 2.65. The second-order valence-electron chi connectivity index (χ2n) is 5.78. The molecular formula is C17H16Cl2N4O3. The van der Waals surface area contributed by atoms with Gasteiger partial charge in [0.05, 0.1) is 20.7 Å². The van der Waals surface area contributed by atoms with Gasteiger partial charge < -0.3 is 15.1 Å². The van der Waals surface area contributed by atoms with Gasteiger partial charge >= 0.3 is 6.03 Å². The van der Waals surface area contributed by atoms with Gasteiger partial charge in [-0.05, 0) is 24.3 Å². The molecule has 1 saturated heterocycles. The Hall–Kier alpha value is -2.51. The molecule has 0 unspecified atom stereocenters. The normalized spacial score (nSPS) is 14.2. The van der Waals surface area contributed by atoms with Crippen molar-refractivity contribution in [3.63, 3.8) is 0 Å². The van der Waals surface area contributed by atoms with Crippen molar-refractivity contribution in [2.45, 2.75) is 0 Å². The van der Waals surface area contributed by atoms with Gasteiger partial charge in [-0.25, -0.2) is 4.79 Å². The zero-order valence-corrected chi connectivity index (χ0v) is 15.2. The van der Waals surface area contributed by atoms with E-state index in [4.69, 9.17) is 23.2 Å². The molecule has 0 saturated carbocycles. The fourth-order valence-corrected chi connectivity index (χ4v) is 3.10. The summed E-state index contributed by atoms with van der Waals surface area (Å²) in [5.74, 6) is 0. The summed E-state index contributed by atoms with van der Waals surface area (Å²) in [7, 11) is 0. The van der Waals surface area contributed by atoms with E-state index in [1.54, 1.807) is 35.2 Å². The summed E-state index contributed by atoms with van der Waals surface area (Å²) in [6, 6.07) is 11.2. The maximum atomic E-state index is 12.4. The number of benzene rings is 2. The minimum absolute atomic E-state index is 0.0603. The predicted molar refractivity (Wildman–Crippen MR) is 102 cm³/mol. The number of nitrogens with one attached hydrogen (secondary N) is 1. The molecule has 0 bridgehead atoms. The van der Waals surface area contributed by atoms with Gasteiger partial charge in [0.15, 0.2) is 0 Å². The number of urea groups is 1. The first-order valence-corrected chi connectivity index (χ1v) is 8.70. The van der Waals surface area contributed by atoms with Crippen LogP contribution in [0, 0.1) is 10.1 Å². The number of piperazine rings is 1. The van der Waals surface area contributed by atoms with Gasteiger partial charge in [-0.15, -0.1) is 0 Å². The van der Waals surface area contributed by atoms with Crippen molar-refractivity contribution in [1.82, 2.24) is 4.90 Å². The Morgan fingerprint density at radius 2 is 1.69 bits per heavy atom. The van der Waals surface area contributed by atoms with Crippen LogP contribution in [0.15, 0.2) is 42.5 Å². The fourth-order valence-electron chi connectivity index (χ4n) is 2.75. The van der Waals surface area contributed by atoms with Crippen molar-refractivity contribution in [2.75, 3.05) is 36.4 Å². The van der Waals surface area contributed by atoms with Crippen molar-refractivity contribution in [3.8, 4) is 0 Å². The molecule has 7 nitrogen and oxygen atoms in total. The van der Waals surface area contributed by atoms with Crippen molar-refractivity contribution < 1.29 is 9.72 Å². The van der Waals surface area contributed by atoms with Crippen LogP contribution < -0.4 is 10.2 Å². The molecule has 3 rings (SSSR count). The van der Waals surface area contributed by atoms with Crippen molar-refractivity contribution in [3.05, 3.63) is 62.6 Å². The van der Waals surface area contributed by atoms with Crippen molar-refractivity contribution in [1.29, 1.82) is 0 Å². The number of hydrogen-bond donors (Lipinski definition) is 1. The predicted octanol–water partition coefficient (Wildman–Crippen LogP) is 4.26. The Kier molecular flexibility index (Phi) is 5.49. The molecule has 0 aliphatic carbocycles. The van der Waals surface area contributed by atoms with E-state index < -0.39 is 4.92 Å². The van der Waals surface area contributed by atoms with Crippen molar-refractivity contribution >= 4 is 46.3 Å². The van der Waals surface area contributed by atoms with Gasteiger partial charge in [0.2, 0.25) is 0 Å². The Bertz CT molecular complexity index is 821. The molecule has 9 heteroatoms. The summed E-state index contributed by atoms with van der Waals surface area (Å²) in [5.41, 5.74) is 1.43. The first-order valence-electron chi connectivity index (χ1n) is 7.95. The lowest BCUT2D eigenvalue weighted by Gasteiger charge is -2.36. The molecule has 136 valence electrons. The highest BCUT2D eigenvalue weighted by molar-refractivity contribution is 6.43. The van der Waals surface area contributed by atoms with E-state index in [-0.39, 0.29) is 11.7 Å². The molecule has 0 radical (unpaired) electrons. The molecule has 2 aromatic carbocycles. The lowest BCUT2D eigenvalue weighted by atomic mass is 10.2. The molecule has 0 spiro atoms. The van der Waals surface area contributed by atoms with Crippen LogP contribution in [0.5, 0.6) is 0 Å². The van der Waals surface area contributed by atoms with Crippen LogP contribution >= 0.6 is 23.2 Å². The van der Waals surface area contributed by atoms with Gasteiger partial charge in [-0.2, -0.15) is 0 Å². The first-order chi connectivity index (χ1) is 12.5. The van der Waals surface area contributed by atoms with Crippen LogP contribution in [0.3, 0.4) is 0 Å². The average molecular weight is 395 g/mol. The zero-order valence-electron chi connectivity index (χ0n) is 13.7. The minimum atomic E-state index is -0.424. The second-order valence-corrected chi connectivity index (χ2v) is 6.56. The SMILES string of the molecule is O=C(Nc1cccc(Cl)c1Cl)N1CCN(c2ccc([N+](=O)[O-])cc2)CC1. The molecule has 1 heterocycles. The summed E-state index contributed by atoms with van der Waals surface area (Å²) in [6.45, 7) is 2.32. The van der Waals surface area contributed by atoms with Crippen LogP contribution in [0.4, 0.5) is 21.9 Å². The molecule has 26 heavy (non-hydrogen) atoms. The number of nitro groups is 1. The van der Waals surface area contributed by atoms with Gasteiger partial charge in [-0.1, -0.05) is 29.3 Å². The fraction of sp³-hybridized carbons (Fsp3) is 0.235. The summed E-state index contributed by atoms with van der Waals surface area (Å²) in [5, 5.41) is 14.2. The second kappa shape index (κ2) is 7.80. The third kappa shape index (κ3) is 4.00. The zero-order chi connectivity index (χ0) is 18.7. The maximum absolute atomic E-state index is 12.4. The van der Waals surface area contributed by atoms with Gasteiger partial charge in [0.25, 0.3) is 5.69 Å². The standard InChI is InChI=1S/C17H16Cl2N4O3/c18-14-2-1-3-15(16(14)19)20-17(24)22-10-8-21(9-11-22)12-4-6-13(7-5-12)23(25)26/h1-7H,8-11H2,(H,20,24). The number of halogens is 2. The highest BCUT2D eigenvalue weighted by atomic mass is 35.5. The number of non-ortho nitro benzene ring substituents is 1. The summed E-state index contributed by atoms with van der Waals surface area (Å²) in [4.78, 5) is 26.5. The summed E-state index contributed by atoms with van der Waals surface area (Å²) in [6.07, 6.45) is 0. The van der Waals surface area contributed by atoms with Crippen LogP contribution in [-0.2, 0) is 0 Å². The Labute approximate surface area is 160 Å². The number of amides is 2. The largest absolute Gasteiger partial charge is 0.368 e. The van der Waals surface area contributed by atoms with E-state index in [0.717, 1.165) is 5.69 Å². The smallest absolute Gasteiger partial charge is 0.322 e.